The first kappa shape index (κ1) is 12.1. The summed E-state index contributed by atoms with van der Waals surface area (Å²) in [6, 6.07) is 10.1. The van der Waals surface area contributed by atoms with Crippen LogP contribution < -0.4 is 16.2 Å². The Labute approximate surface area is 104 Å². The van der Waals surface area contributed by atoms with Crippen molar-refractivity contribution >= 4 is 5.91 Å². The second-order valence-electron chi connectivity index (χ2n) is 3.68. The molecule has 0 saturated heterocycles. The molecule has 92 valence electrons. The lowest BCUT2D eigenvalue weighted by Gasteiger charge is -2.06. The van der Waals surface area contributed by atoms with Crippen LogP contribution in [0.25, 0.3) is 0 Å². The Hall–Kier alpha value is -2.40. The predicted octanol–water partition coefficient (Wildman–Crippen LogP) is 1.43. The molecule has 0 aliphatic rings. The van der Waals surface area contributed by atoms with Crippen LogP contribution in [0, 0.1) is 0 Å². The van der Waals surface area contributed by atoms with Gasteiger partial charge in [-0.3, -0.25) is 9.78 Å². The molecule has 0 saturated carbocycles. The van der Waals surface area contributed by atoms with Gasteiger partial charge in [-0.25, -0.2) is 0 Å². The molecule has 0 aliphatic carbocycles. The zero-order chi connectivity index (χ0) is 13.0. The van der Waals surface area contributed by atoms with Crippen molar-refractivity contribution in [1.29, 1.82) is 0 Å². The third-order valence-electron chi connectivity index (χ3n) is 2.37. The number of benzene rings is 1. The second-order valence-corrected chi connectivity index (χ2v) is 3.68. The molecule has 0 atom stereocenters. The van der Waals surface area contributed by atoms with Crippen LogP contribution >= 0.6 is 0 Å². The first-order valence-corrected chi connectivity index (χ1v) is 5.42. The van der Waals surface area contributed by atoms with Gasteiger partial charge in [-0.05, 0) is 30.3 Å². The highest BCUT2D eigenvalue weighted by atomic mass is 16.5. The Morgan fingerprint density at radius 3 is 2.50 bits per heavy atom. The average Bonchev–Trinajstić information content (AvgIpc) is 2.39. The number of carbonyl (C=O) groups is 1. The van der Waals surface area contributed by atoms with Crippen LogP contribution in [0.5, 0.6) is 11.5 Å². The van der Waals surface area contributed by atoms with E-state index >= 15 is 0 Å². The lowest BCUT2D eigenvalue weighted by atomic mass is 10.2. The fourth-order valence-electron chi connectivity index (χ4n) is 1.45. The Balaban J connectivity index is 2.15. The van der Waals surface area contributed by atoms with Crippen molar-refractivity contribution in [1.82, 2.24) is 4.98 Å². The average molecular weight is 243 g/mol. The maximum absolute atomic E-state index is 10.9. The molecular weight excluding hydrogens is 230 g/mol. The molecule has 0 aliphatic heterocycles. The zero-order valence-corrected chi connectivity index (χ0v) is 9.67. The summed E-state index contributed by atoms with van der Waals surface area (Å²) in [6.45, 7) is 0.359. The van der Waals surface area contributed by atoms with Crippen molar-refractivity contribution in [2.45, 2.75) is 6.54 Å². The van der Waals surface area contributed by atoms with Gasteiger partial charge >= 0.3 is 0 Å². The summed E-state index contributed by atoms with van der Waals surface area (Å²) in [7, 11) is 0. The van der Waals surface area contributed by atoms with Gasteiger partial charge in [0.1, 0.15) is 11.5 Å². The highest BCUT2D eigenvalue weighted by Gasteiger charge is 2.02. The van der Waals surface area contributed by atoms with E-state index in [1.165, 1.54) is 0 Å². The normalized spacial score (nSPS) is 10.1. The quantitative estimate of drug-likeness (QED) is 0.849. The van der Waals surface area contributed by atoms with Crippen molar-refractivity contribution in [3.8, 4) is 11.5 Å². The molecule has 4 N–H and O–H groups in total. The molecule has 2 rings (SSSR count). The minimum Gasteiger partial charge on any atom is -0.457 e. The van der Waals surface area contributed by atoms with Gasteiger partial charge in [0.2, 0.25) is 5.91 Å². The number of hydrogen-bond donors (Lipinski definition) is 2. The molecule has 0 bridgehead atoms. The first-order valence-electron chi connectivity index (χ1n) is 5.42. The number of nitrogens with two attached hydrogens (primary N) is 2. The van der Waals surface area contributed by atoms with E-state index in [0.29, 0.717) is 23.6 Å². The molecule has 0 fully saturated rings. The van der Waals surface area contributed by atoms with Crippen molar-refractivity contribution in [2.75, 3.05) is 0 Å². The van der Waals surface area contributed by atoms with Crippen LogP contribution in [0.4, 0.5) is 0 Å². The van der Waals surface area contributed by atoms with Gasteiger partial charge in [-0.1, -0.05) is 0 Å². The molecule has 0 radical (unpaired) electrons. The molecule has 1 aromatic heterocycles. The van der Waals surface area contributed by atoms with Crippen LogP contribution in [0.2, 0.25) is 0 Å². The summed E-state index contributed by atoms with van der Waals surface area (Å²) in [5, 5.41) is 0. The molecular formula is C13H13N3O2. The van der Waals surface area contributed by atoms with Crippen molar-refractivity contribution < 1.29 is 9.53 Å². The third-order valence-corrected chi connectivity index (χ3v) is 2.37. The molecule has 5 nitrogen and oxygen atoms in total. The van der Waals surface area contributed by atoms with Crippen molar-refractivity contribution in [3.05, 3.63) is 53.9 Å². The molecule has 0 unspecified atom stereocenters. The molecule has 1 aromatic carbocycles. The van der Waals surface area contributed by atoms with E-state index in [1.807, 2.05) is 0 Å². The minimum absolute atomic E-state index is 0.359. The van der Waals surface area contributed by atoms with Gasteiger partial charge < -0.3 is 16.2 Å². The fraction of sp³-hybridized carbons (Fsp3) is 0.0769. The fourth-order valence-corrected chi connectivity index (χ4v) is 1.45. The Kier molecular flexibility index (Phi) is 3.54. The summed E-state index contributed by atoms with van der Waals surface area (Å²) < 4.78 is 5.61. The van der Waals surface area contributed by atoms with E-state index in [0.717, 1.165) is 5.69 Å². The maximum Gasteiger partial charge on any atom is 0.248 e. The summed E-state index contributed by atoms with van der Waals surface area (Å²) in [6.07, 6.45) is 1.63. The maximum atomic E-state index is 10.9. The second kappa shape index (κ2) is 5.29. The summed E-state index contributed by atoms with van der Waals surface area (Å²) >= 11 is 0. The summed E-state index contributed by atoms with van der Waals surface area (Å²) in [5.74, 6) is 0.808. The topological polar surface area (TPSA) is 91.2 Å². The first-order chi connectivity index (χ1) is 8.69. The molecule has 2 aromatic rings. The van der Waals surface area contributed by atoms with Crippen LogP contribution in [0.3, 0.4) is 0 Å². The number of aromatic nitrogens is 1. The number of ether oxygens (including phenoxy) is 1. The SMILES string of the molecule is NCc1cc(Oc2ccc(C(N)=O)cc2)ccn1. The molecule has 18 heavy (non-hydrogen) atoms. The number of nitrogens with zero attached hydrogens (tertiary/aromatic N) is 1. The van der Waals surface area contributed by atoms with E-state index in [1.54, 1.807) is 42.6 Å². The van der Waals surface area contributed by atoms with Crippen molar-refractivity contribution in [3.63, 3.8) is 0 Å². The Morgan fingerprint density at radius 2 is 1.89 bits per heavy atom. The highest BCUT2D eigenvalue weighted by molar-refractivity contribution is 5.92. The standard InChI is InChI=1S/C13H13N3O2/c14-8-10-7-12(5-6-16-10)18-11-3-1-9(2-4-11)13(15)17/h1-7H,8,14H2,(H2,15,17). The van der Waals surface area contributed by atoms with E-state index in [4.69, 9.17) is 16.2 Å². The summed E-state index contributed by atoms with van der Waals surface area (Å²) in [4.78, 5) is 15.0. The van der Waals surface area contributed by atoms with Gasteiger partial charge in [-0.2, -0.15) is 0 Å². The van der Waals surface area contributed by atoms with Gasteiger partial charge in [0, 0.05) is 24.4 Å². The van der Waals surface area contributed by atoms with Gasteiger partial charge in [0.25, 0.3) is 0 Å². The van der Waals surface area contributed by atoms with Gasteiger partial charge in [0.05, 0.1) is 5.69 Å². The number of hydrogen-bond acceptors (Lipinski definition) is 4. The monoisotopic (exact) mass is 243 g/mol. The molecule has 1 amide bonds. The van der Waals surface area contributed by atoms with E-state index in [2.05, 4.69) is 4.98 Å². The molecule has 1 heterocycles. The summed E-state index contributed by atoms with van der Waals surface area (Å²) in [5.41, 5.74) is 11.8. The van der Waals surface area contributed by atoms with Crippen LogP contribution in [-0.4, -0.2) is 10.9 Å². The lowest BCUT2D eigenvalue weighted by molar-refractivity contribution is 0.100. The van der Waals surface area contributed by atoms with Gasteiger partial charge in [0.15, 0.2) is 0 Å². The number of rotatable bonds is 4. The number of carbonyl (C=O) groups excluding carboxylic acids is 1. The smallest absolute Gasteiger partial charge is 0.248 e. The Bertz CT molecular complexity index is 552. The van der Waals surface area contributed by atoms with E-state index in [9.17, 15) is 4.79 Å². The number of amides is 1. The predicted molar refractivity (Wildman–Crippen MR) is 67.2 cm³/mol. The molecule has 5 heteroatoms. The van der Waals surface area contributed by atoms with Crippen LogP contribution in [0.1, 0.15) is 16.1 Å². The largest absolute Gasteiger partial charge is 0.457 e. The van der Waals surface area contributed by atoms with Crippen LogP contribution in [0.15, 0.2) is 42.6 Å². The zero-order valence-electron chi connectivity index (χ0n) is 9.67. The highest BCUT2D eigenvalue weighted by Crippen LogP contribution is 2.21. The molecule has 0 spiro atoms. The van der Waals surface area contributed by atoms with Crippen molar-refractivity contribution in [2.24, 2.45) is 11.5 Å². The van der Waals surface area contributed by atoms with Crippen LogP contribution in [-0.2, 0) is 6.54 Å². The van der Waals surface area contributed by atoms with E-state index in [-0.39, 0.29) is 0 Å². The number of primary amides is 1. The van der Waals surface area contributed by atoms with E-state index < -0.39 is 5.91 Å². The lowest BCUT2D eigenvalue weighted by Crippen LogP contribution is -2.10. The van der Waals surface area contributed by atoms with Gasteiger partial charge in [-0.15, -0.1) is 0 Å². The Morgan fingerprint density at radius 1 is 1.17 bits per heavy atom. The third kappa shape index (κ3) is 2.83. The number of pyridine rings is 1. The minimum atomic E-state index is -0.462.